The normalized spacial score (nSPS) is 10.4. The van der Waals surface area contributed by atoms with E-state index in [0.717, 1.165) is 16.8 Å². The third-order valence-corrected chi connectivity index (χ3v) is 3.14. The van der Waals surface area contributed by atoms with Crippen molar-refractivity contribution in [3.8, 4) is 5.69 Å². The van der Waals surface area contributed by atoms with Crippen molar-refractivity contribution < 1.29 is 4.79 Å². The van der Waals surface area contributed by atoms with Gasteiger partial charge in [0.05, 0.1) is 5.69 Å². The molecule has 2 aromatic heterocycles. The topological polar surface area (TPSA) is 72.7 Å². The molecule has 0 atom stereocenters. The fourth-order valence-corrected chi connectivity index (χ4v) is 2.03. The minimum atomic E-state index is -0.310. The molecule has 6 nitrogen and oxygen atoms in total. The Morgan fingerprint density at radius 3 is 2.95 bits per heavy atom. The summed E-state index contributed by atoms with van der Waals surface area (Å²) in [4.78, 5) is 20.1. The second-order valence-electron chi connectivity index (χ2n) is 4.90. The number of carbonyl (C=O) groups excluding carboxylic acids is 1. The van der Waals surface area contributed by atoms with E-state index in [4.69, 9.17) is 0 Å². The van der Waals surface area contributed by atoms with Crippen LogP contribution in [-0.2, 0) is 6.54 Å². The van der Waals surface area contributed by atoms with E-state index in [0.29, 0.717) is 6.54 Å². The molecule has 0 saturated heterocycles. The molecule has 3 rings (SSSR count). The quantitative estimate of drug-likeness (QED) is 0.797. The molecule has 110 valence electrons. The van der Waals surface area contributed by atoms with Crippen LogP contribution >= 0.6 is 0 Å². The van der Waals surface area contributed by atoms with Crippen molar-refractivity contribution in [3.05, 3.63) is 72.1 Å². The lowest BCUT2D eigenvalue weighted by atomic mass is 10.2. The van der Waals surface area contributed by atoms with E-state index in [-0.39, 0.29) is 11.7 Å². The highest BCUT2D eigenvalue weighted by Gasteiger charge is 2.11. The van der Waals surface area contributed by atoms with Crippen LogP contribution in [0.25, 0.3) is 5.69 Å². The summed E-state index contributed by atoms with van der Waals surface area (Å²) in [5.74, 6) is -0.166. The van der Waals surface area contributed by atoms with Gasteiger partial charge in [-0.3, -0.25) is 9.78 Å². The molecule has 0 fully saturated rings. The maximum absolute atomic E-state index is 12.1. The van der Waals surface area contributed by atoms with E-state index in [9.17, 15) is 4.79 Å². The van der Waals surface area contributed by atoms with Crippen molar-refractivity contribution in [2.75, 3.05) is 0 Å². The van der Waals surface area contributed by atoms with E-state index in [1.807, 2.05) is 43.3 Å². The zero-order valence-corrected chi connectivity index (χ0v) is 12.1. The molecular weight excluding hydrogens is 278 g/mol. The molecule has 0 aliphatic rings. The first-order chi connectivity index (χ1) is 10.7. The Labute approximate surface area is 127 Å². The fraction of sp³-hybridized carbons (Fsp3) is 0.125. The van der Waals surface area contributed by atoms with Crippen LogP contribution in [0.4, 0.5) is 0 Å². The number of amides is 1. The van der Waals surface area contributed by atoms with Crippen molar-refractivity contribution >= 4 is 5.91 Å². The minimum absolute atomic E-state index is 0.144. The van der Waals surface area contributed by atoms with Gasteiger partial charge in [-0.2, -0.15) is 0 Å². The monoisotopic (exact) mass is 293 g/mol. The van der Waals surface area contributed by atoms with Crippen LogP contribution in [0.15, 0.2) is 55.1 Å². The Morgan fingerprint density at radius 2 is 2.18 bits per heavy atom. The molecule has 6 heteroatoms. The average molecular weight is 293 g/mol. The Morgan fingerprint density at radius 1 is 1.27 bits per heavy atom. The van der Waals surface area contributed by atoms with Crippen LogP contribution in [0.5, 0.6) is 0 Å². The highest BCUT2D eigenvalue weighted by atomic mass is 16.2. The van der Waals surface area contributed by atoms with E-state index >= 15 is 0 Å². The van der Waals surface area contributed by atoms with Gasteiger partial charge in [0.1, 0.15) is 6.33 Å². The van der Waals surface area contributed by atoms with Gasteiger partial charge in [-0.15, -0.1) is 5.10 Å². The van der Waals surface area contributed by atoms with Gasteiger partial charge in [-0.1, -0.05) is 18.2 Å². The van der Waals surface area contributed by atoms with Crippen LogP contribution < -0.4 is 5.32 Å². The smallest absolute Gasteiger partial charge is 0.291 e. The summed E-state index contributed by atoms with van der Waals surface area (Å²) in [5, 5.41) is 6.99. The standard InChI is InChI=1S/C16H15N5O/c1-12-4-2-6-14(8-12)21-11-19-15(20-21)16(22)18-10-13-5-3-7-17-9-13/h2-9,11H,10H2,1H3,(H,18,22). The number of aryl methyl sites for hydroxylation is 1. The Balaban J connectivity index is 1.69. The molecule has 1 amide bonds. The first kappa shape index (κ1) is 13.9. The highest BCUT2D eigenvalue weighted by Crippen LogP contribution is 2.08. The predicted octanol–water partition coefficient (Wildman–Crippen LogP) is 1.90. The molecule has 1 aromatic carbocycles. The van der Waals surface area contributed by atoms with E-state index < -0.39 is 0 Å². The van der Waals surface area contributed by atoms with E-state index in [1.54, 1.807) is 17.1 Å². The second kappa shape index (κ2) is 6.17. The number of aromatic nitrogens is 4. The molecule has 1 N–H and O–H groups in total. The summed E-state index contributed by atoms with van der Waals surface area (Å²) < 4.78 is 1.59. The average Bonchev–Trinajstić information content (AvgIpc) is 3.04. The molecule has 2 heterocycles. The number of hydrogen-bond acceptors (Lipinski definition) is 4. The van der Waals surface area contributed by atoms with Crippen LogP contribution in [0, 0.1) is 6.92 Å². The summed E-state index contributed by atoms with van der Waals surface area (Å²) >= 11 is 0. The molecule has 0 saturated carbocycles. The van der Waals surface area contributed by atoms with Gasteiger partial charge in [0.15, 0.2) is 0 Å². The van der Waals surface area contributed by atoms with Crippen molar-refractivity contribution in [1.82, 2.24) is 25.1 Å². The van der Waals surface area contributed by atoms with Gasteiger partial charge in [0.2, 0.25) is 5.82 Å². The summed E-state index contributed by atoms with van der Waals surface area (Å²) in [6.45, 7) is 2.40. The number of carbonyl (C=O) groups is 1. The lowest BCUT2D eigenvalue weighted by Crippen LogP contribution is -2.24. The third kappa shape index (κ3) is 3.17. The van der Waals surface area contributed by atoms with E-state index in [2.05, 4.69) is 20.4 Å². The lowest BCUT2D eigenvalue weighted by molar-refractivity contribution is 0.0940. The number of pyridine rings is 1. The zero-order chi connectivity index (χ0) is 15.4. The number of benzene rings is 1. The first-order valence-corrected chi connectivity index (χ1v) is 6.88. The number of nitrogens with one attached hydrogen (secondary N) is 1. The van der Waals surface area contributed by atoms with E-state index in [1.165, 1.54) is 6.33 Å². The fourth-order valence-electron chi connectivity index (χ4n) is 2.03. The van der Waals surface area contributed by atoms with Crippen LogP contribution in [0.1, 0.15) is 21.7 Å². The molecule has 22 heavy (non-hydrogen) atoms. The summed E-state index contributed by atoms with van der Waals surface area (Å²) in [6.07, 6.45) is 4.93. The van der Waals surface area contributed by atoms with Gasteiger partial charge in [0.25, 0.3) is 5.91 Å². The molecule has 0 aliphatic carbocycles. The van der Waals surface area contributed by atoms with Crippen LogP contribution in [0.2, 0.25) is 0 Å². The minimum Gasteiger partial charge on any atom is -0.345 e. The van der Waals surface area contributed by atoms with Gasteiger partial charge in [-0.05, 0) is 36.2 Å². The first-order valence-electron chi connectivity index (χ1n) is 6.88. The van der Waals surface area contributed by atoms with Crippen molar-refractivity contribution in [2.45, 2.75) is 13.5 Å². The third-order valence-electron chi connectivity index (χ3n) is 3.14. The Hall–Kier alpha value is -3.02. The van der Waals surface area contributed by atoms with Crippen molar-refractivity contribution in [2.24, 2.45) is 0 Å². The van der Waals surface area contributed by atoms with Crippen molar-refractivity contribution in [3.63, 3.8) is 0 Å². The van der Waals surface area contributed by atoms with Crippen LogP contribution in [0.3, 0.4) is 0 Å². The number of rotatable bonds is 4. The maximum Gasteiger partial charge on any atom is 0.291 e. The van der Waals surface area contributed by atoms with Gasteiger partial charge >= 0.3 is 0 Å². The predicted molar refractivity (Wildman–Crippen MR) is 81.5 cm³/mol. The van der Waals surface area contributed by atoms with Gasteiger partial charge in [-0.25, -0.2) is 9.67 Å². The highest BCUT2D eigenvalue weighted by molar-refractivity contribution is 5.90. The molecule has 0 aliphatic heterocycles. The van der Waals surface area contributed by atoms with Crippen molar-refractivity contribution in [1.29, 1.82) is 0 Å². The molecule has 0 unspecified atom stereocenters. The zero-order valence-electron chi connectivity index (χ0n) is 12.1. The SMILES string of the molecule is Cc1cccc(-n2cnc(C(=O)NCc3cccnc3)n2)c1. The Kier molecular flexibility index (Phi) is 3.91. The van der Waals surface area contributed by atoms with Gasteiger partial charge in [0, 0.05) is 18.9 Å². The maximum atomic E-state index is 12.1. The molecule has 0 radical (unpaired) electrons. The number of nitrogens with zero attached hydrogens (tertiary/aromatic N) is 4. The summed E-state index contributed by atoms with van der Waals surface area (Å²) in [7, 11) is 0. The molecule has 0 spiro atoms. The summed E-state index contributed by atoms with van der Waals surface area (Å²) in [6, 6.07) is 11.6. The van der Waals surface area contributed by atoms with Gasteiger partial charge < -0.3 is 5.32 Å². The number of hydrogen-bond donors (Lipinski definition) is 1. The molecular formula is C16H15N5O. The summed E-state index contributed by atoms with van der Waals surface area (Å²) in [5.41, 5.74) is 2.92. The second-order valence-corrected chi connectivity index (χ2v) is 4.90. The Bertz CT molecular complexity index is 782. The lowest BCUT2D eigenvalue weighted by Gasteiger charge is -2.02. The van der Waals surface area contributed by atoms with Crippen LogP contribution in [-0.4, -0.2) is 25.7 Å². The molecule has 0 bridgehead atoms. The largest absolute Gasteiger partial charge is 0.345 e. The molecule has 3 aromatic rings.